The summed E-state index contributed by atoms with van der Waals surface area (Å²) in [6.07, 6.45) is 28.2. The molecule has 3 atom stereocenters. The van der Waals surface area contributed by atoms with Gasteiger partial charge >= 0.3 is 0 Å². The summed E-state index contributed by atoms with van der Waals surface area (Å²) >= 11 is 0. The number of rotatable bonds is 6. The fourth-order valence-electron chi connectivity index (χ4n) is 4.51. The molecule has 0 aromatic carbocycles. The van der Waals surface area contributed by atoms with Gasteiger partial charge in [0.1, 0.15) is 16.6 Å². The van der Waals surface area contributed by atoms with E-state index in [9.17, 15) is 14.4 Å². The van der Waals surface area contributed by atoms with Crippen LogP contribution in [0.25, 0.3) is 0 Å². The fraction of sp³-hybridized carbons (Fsp3) is 0.318. The smallest absolute Gasteiger partial charge is 0.211 e. The average Bonchev–Trinajstić information content (AvgIpc) is 2.71. The SMILES string of the molecule is O=C=NC1(C(C2(N=C=O)C=CC=CC2)C2(N=C=O)C=CC=CC2)C=CC=CC1. The number of hydrogen-bond donors (Lipinski definition) is 0. The minimum Gasteiger partial charge on any atom is -0.211 e. The Kier molecular flexibility index (Phi) is 5.58. The summed E-state index contributed by atoms with van der Waals surface area (Å²) in [5.41, 5.74) is -3.28. The van der Waals surface area contributed by atoms with Crippen molar-refractivity contribution in [3.05, 3.63) is 72.9 Å². The molecule has 0 amide bonds. The van der Waals surface area contributed by atoms with Crippen molar-refractivity contribution in [3.63, 3.8) is 0 Å². The van der Waals surface area contributed by atoms with E-state index in [0.29, 0.717) is 19.3 Å². The van der Waals surface area contributed by atoms with E-state index in [-0.39, 0.29) is 0 Å². The standard InChI is InChI=1S/C22H19N3O3/c26-16-23-20(10-4-1-5-11-20)19(21(24-17-27)12-6-2-7-13-21)22(25-18-28)14-8-3-9-15-22/h1-10,12,14,19H,11,13,15H2. The van der Waals surface area contributed by atoms with Crippen LogP contribution in [0.5, 0.6) is 0 Å². The van der Waals surface area contributed by atoms with E-state index >= 15 is 0 Å². The second-order valence-electron chi connectivity index (χ2n) is 6.99. The first-order chi connectivity index (χ1) is 13.7. The zero-order chi connectivity index (χ0) is 19.9. The lowest BCUT2D eigenvalue weighted by molar-refractivity contribution is 0.149. The van der Waals surface area contributed by atoms with Crippen molar-refractivity contribution in [2.24, 2.45) is 20.9 Å². The third-order valence-corrected chi connectivity index (χ3v) is 5.49. The predicted octanol–water partition coefficient (Wildman–Crippen LogP) is 3.37. The molecule has 6 nitrogen and oxygen atoms in total. The monoisotopic (exact) mass is 373 g/mol. The highest BCUT2D eigenvalue weighted by Crippen LogP contribution is 2.52. The van der Waals surface area contributed by atoms with Crippen LogP contribution < -0.4 is 0 Å². The molecule has 0 N–H and O–H groups in total. The zero-order valence-corrected chi connectivity index (χ0v) is 15.2. The van der Waals surface area contributed by atoms with Crippen LogP contribution in [-0.2, 0) is 14.4 Å². The lowest BCUT2D eigenvalue weighted by Gasteiger charge is -2.51. The van der Waals surface area contributed by atoms with Crippen LogP contribution in [-0.4, -0.2) is 34.9 Å². The first-order valence-corrected chi connectivity index (χ1v) is 8.97. The molecule has 3 aliphatic carbocycles. The van der Waals surface area contributed by atoms with Crippen LogP contribution in [0.15, 0.2) is 87.9 Å². The van der Waals surface area contributed by atoms with Crippen LogP contribution in [0.1, 0.15) is 19.3 Å². The molecule has 0 aliphatic heterocycles. The van der Waals surface area contributed by atoms with E-state index in [1.54, 1.807) is 54.7 Å². The van der Waals surface area contributed by atoms with Crippen molar-refractivity contribution >= 4 is 18.2 Å². The molecule has 0 aromatic rings. The molecule has 0 saturated carbocycles. The van der Waals surface area contributed by atoms with E-state index in [0.717, 1.165) is 0 Å². The molecule has 0 fully saturated rings. The number of isocyanates is 3. The van der Waals surface area contributed by atoms with Crippen molar-refractivity contribution in [2.75, 3.05) is 0 Å². The molecule has 0 bridgehead atoms. The van der Waals surface area contributed by atoms with Gasteiger partial charge in [-0.05, 0) is 19.3 Å². The molecule has 0 heterocycles. The Labute approximate surface area is 162 Å². The highest BCUT2D eigenvalue weighted by atomic mass is 16.1. The summed E-state index contributed by atoms with van der Waals surface area (Å²) < 4.78 is 0. The lowest BCUT2D eigenvalue weighted by Crippen LogP contribution is -2.59. The first kappa shape index (κ1) is 19.3. The van der Waals surface area contributed by atoms with Gasteiger partial charge in [0.25, 0.3) is 0 Å². The maximum Gasteiger partial charge on any atom is 0.235 e. The number of aliphatic imine (C=N–C) groups is 3. The molecule has 0 saturated heterocycles. The predicted molar refractivity (Wildman–Crippen MR) is 105 cm³/mol. The van der Waals surface area contributed by atoms with Gasteiger partial charge in [-0.2, -0.15) is 15.0 Å². The van der Waals surface area contributed by atoms with E-state index < -0.39 is 22.5 Å². The molecule has 0 aromatic heterocycles. The number of hydrogen-bond acceptors (Lipinski definition) is 6. The number of allylic oxidation sites excluding steroid dienone is 6. The van der Waals surface area contributed by atoms with Crippen LogP contribution in [0.3, 0.4) is 0 Å². The molecule has 140 valence electrons. The molecule has 3 aliphatic rings. The van der Waals surface area contributed by atoms with Crippen LogP contribution >= 0.6 is 0 Å². The summed E-state index contributed by atoms with van der Waals surface area (Å²) in [5.74, 6) is -0.666. The summed E-state index contributed by atoms with van der Waals surface area (Å²) in [6.45, 7) is 0. The summed E-state index contributed by atoms with van der Waals surface area (Å²) in [4.78, 5) is 46.9. The highest BCUT2D eigenvalue weighted by Gasteiger charge is 2.59. The van der Waals surface area contributed by atoms with Gasteiger partial charge in [0, 0.05) is 5.92 Å². The van der Waals surface area contributed by atoms with E-state index in [1.807, 2.05) is 36.5 Å². The summed E-state index contributed by atoms with van der Waals surface area (Å²) in [6, 6.07) is 0. The largest absolute Gasteiger partial charge is 0.235 e. The van der Waals surface area contributed by atoms with Crippen molar-refractivity contribution in [3.8, 4) is 0 Å². The second kappa shape index (κ2) is 8.08. The Hall–Kier alpha value is -3.42. The molecule has 0 radical (unpaired) electrons. The molecular formula is C22H19N3O3. The highest BCUT2D eigenvalue weighted by molar-refractivity contribution is 5.48. The summed E-state index contributed by atoms with van der Waals surface area (Å²) in [5, 5.41) is 0. The summed E-state index contributed by atoms with van der Waals surface area (Å²) in [7, 11) is 0. The van der Waals surface area contributed by atoms with Crippen molar-refractivity contribution in [1.82, 2.24) is 0 Å². The molecular weight excluding hydrogens is 354 g/mol. The Morgan fingerprint density at radius 1 is 0.571 bits per heavy atom. The van der Waals surface area contributed by atoms with Gasteiger partial charge in [-0.3, -0.25) is 0 Å². The maximum atomic E-state index is 11.4. The van der Waals surface area contributed by atoms with Gasteiger partial charge in [0.05, 0.1) is 0 Å². The minimum atomic E-state index is -1.10. The molecule has 3 rings (SSSR count). The molecule has 6 heteroatoms. The average molecular weight is 373 g/mol. The van der Waals surface area contributed by atoms with Gasteiger partial charge in [0.2, 0.25) is 18.2 Å². The van der Waals surface area contributed by atoms with E-state index in [1.165, 1.54) is 0 Å². The van der Waals surface area contributed by atoms with Crippen LogP contribution in [0.4, 0.5) is 0 Å². The van der Waals surface area contributed by atoms with Gasteiger partial charge in [0.15, 0.2) is 0 Å². The lowest BCUT2D eigenvalue weighted by atomic mass is 9.57. The Morgan fingerprint density at radius 3 is 1.11 bits per heavy atom. The van der Waals surface area contributed by atoms with Gasteiger partial charge in [-0.15, -0.1) is 0 Å². The Balaban J connectivity index is 2.35. The zero-order valence-electron chi connectivity index (χ0n) is 15.2. The Morgan fingerprint density at radius 2 is 0.893 bits per heavy atom. The molecule has 28 heavy (non-hydrogen) atoms. The minimum absolute atomic E-state index is 0.380. The van der Waals surface area contributed by atoms with Crippen molar-refractivity contribution in [1.29, 1.82) is 0 Å². The van der Waals surface area contributed by atoms with Crippen molar-refractivity contribution < 1.29 is 14.4 Å². The third-order valence-electron chi connectivity index (χ3n) is 5.49. The van der Waals surface area contributed by atoms with E-state index in [4.69, 9.17) is 0 Å². The Bertz CT molecular complexity index is 830. The van der Waals surface area contributed by atoms with Crippen LogP contribution in [0.2, 0.25) is 0 Å². The number of nitrogens with zero attached hydrogens (tertiary/aromatic N) is 3. The third kappa shape index (κ3) is 3.28. The van der Waals surface area contributed by atoms with Crippen LogP contribution in [0, 0.1) is 5.92 Å². The first-order valence-electron chi connectivity index (χ1n) is 8.97. The topological polar surface area (TPSA) is 88.3 Å². The normalized spacial score (nSPS) is 33.4. The molecule has 3 unspecified atom stereocenters. The maximum absolute atomic E-state index is 11.4. The quantitative estimate of drug-likeness (QED) is 0.528. The van der Waals surface area contributed by atoms with E-state index in [2.05, 4.69) is 15.0 Å². The van der Waals surface area contributed by atoms with Gasteiger partial charge < -0.3 is 0 Å². The number of carbonyl (C=O) groups excluding carboxylic acids is 3. The second-order valence-corrected chi connectivity index (χ2v) is 6.99. The van der Waals surface area contributed by atoms with Crippen molar-refractivity contribution in [2.45, 2.75) is 35.9 Å². The molecule has 0 spiro atoms. The van der Waals surface area contributed by atoms with Gasteiger partial charge in [-0.1, -0.05) is 72.9 Å². The fourth-order valence-corrected chi connectivity index (χ4v) is 4.51. The van der Waals surface area contributed by atoms with Gasteiger partial charge in [-0.25, -0.2) is 14.4 Å².